The molecule has 1 rings (SSSR count). The van der Waals surface area contributed by atoms with Crippen molar-refractivity contribution in [3.05, 3.63) is 35.9 Å². The highest BCUT2D eigenvalue weighted by molar-refractivity contribution is 5.18. The molecule has 1 unspecified atom stereocenters. The average molecular weight is 340 g/mol. The predicted octanol–water partition coefficient (Wildman–Crippen LogP) is 2.05. The summed E-state index contributed by atoms with van der Waals surface area (Å²) in [5, 5.41) is 19.7. The number of benzene rings is 1. The largest absolute Gasteiger partial charge is 0.394 e. The Hall–Kier alpha value is -0.980. The van der Waals surface area contributed by atoms with Crippen molar-refractivity contribution in [2.75, 3.05) is 46.2 Å². The Morgan fingerprint density at radius 3 is 1.92 bits per heavy atom. The fourth-order valence-corrected chi connectivity index (χ4v) is 2.21. The van der Waals surface area contributed by atoms with Crippen LogP contribution in [-0.4, -0.2) is 62.1 Å². The van der Waals surface area contributed by atoms with Crippen LogP contribution < -0.4 is 0 Å². The number of hydrogen-bond acceptors (Lipinski definition) is 5. The Morgan fingerprint density at radius 2 is 1.38 bits per heavy atom. The fourth-order valence-electron chi connectivity index (χ4n) is 2.21. The van der Waals surface area contributed by atoms with Gasteiger partial charge in [-0.1, -0.05) is 51.1 Å². The van der Waals surface area contributed by atoms with Gasteiger partial charge in [0.25, 0.3) is 0 Å². The highest BCUT2D eigenvalue weighted by Gasteiger charge is 2.40. The minimum atomic E-state index is -0.946. The molecular weight excluding hydrogens is 308 g/mol. The number of rotatable bonds is 12. The van der Waals surface area contributed by atoms with E-state index >= 15 is 0 Å². The summed E-state index contributed by atoms with van der Waals surface area (Å²) >= 11 is 0. The topological polar surface area (TPSA) is 68.2 Å². The van der Waals surface area contributed by atoms with Crippen molar-refractivity contribution in [1.82, 2.24) is 0 Å². The summed E-state index contributed by atoms with van der Waals surface area (Å²) in [6, 6.07) is 9.97. The molecule has 0 heterocycles. The quantitative estimate of drug-likeness (QED) is 0.570. The van der Waals surface area contributed by atoms with E-state index in [0.29, 0.717) is 39.5 Å². The Morgan fingerprint density at radius 1 is 0.833 bits per heavy atom. The normalized spacial score (nSPS) is 14.5. The number of ether oxygens (including phenoxy) is 3. The second-order valence-corrected chi connectivity index (χ2v) is 6.94. The first-order chi connectivity index (χ1) is 11.4. The highest BCUT2D eigenvalue weighted by atomic mass is 16.5. The van der Waals surface area contributed by atoms with E-state index < -0.39 is 5.60 Å². The first-order valence-corrected chi connectivity index (χ1v) is 8.49. The molecule has 1 atom stereocenters. The summed E-state index contributed by atoms with van der Waals surface area (Å²) < 4.78 is 16.2. The van der Waals surface area contributed by atoms with Crippen LogP contribution in [0.2, 0.25) is 0 Å². The van der Waals surface area contributed by atoms with Gasteiger partial charge in [0.15, 0.2) is 0 Å². The molecule has 0 aromatic heterocycles. The molecule has 5 nitrogen and oxygen atoms in total. The molecule has 0 fully saturated rings. The van der Waals surface area contributed by atoms with Gasteiger partial charge >= 0.3 is 0 Å². The lowest BCUT2D eigenvalue weighted by Crippen LogP contribution is -2.49. The fraction of sp³-hybridized carbons (Fsp3) is 0.684. The zero-order chi connectivity index (χ0) is 17.9. The number of hydrogen-bond donors (Lipinski definition) is 2. The van der Waals surface area contributed by atoms with E-state index in [1.54, 1.807) is 0 Å². The molecule has 0 spiro atoms. The molecule has 24 heavy (non-hydrogen) atoms. The lowest BCUT2D eigenvalue weighted by atomic mass is 9.73. The van der Waals surface area contributed by atoms with Gasteiger partial charge in [-0.15, -0.1) is 0 Å². The van der Waals surface area contributed by atoms with Gasteiger partial charge in [-0.2, -0.15) is 0 Å². The van der Waals surface area contributed by atoms with E-state index in [1.165, 1.54) is 0 Å². The Kier molecular flexibility index (Phi) is 9.48. The van der Waals surface area contributed by atoms with Crippen LogP contribution in [0.15, 0.2) is 30.3 Å². The van der Waals surface area contributed by atoms with Gasteiger partial charge in [0.2, 0.25) is 0 Å². The van der Waals surface area contributed by atoms with Gasteiger partial charge in [0.1, 0.15) is 0 Å². The van der Waals surface area contributed by atoms with Gasteiger partial charge in [0, 0.05) is 6.42 Å². The van der Waals surface area contributed by atoms with E-state index in [2.05, 4.69) is 0 Å². The molecule has 0 aliphatic carbocycles. The SMILES string of the molecule is CC(C)(C)C(O)(COCCOCCOCCO)Cc1ccccc1. The van der Waals surface area contributed by atoms with Crippen molar-refractivity contribution < 1.29 is 24.4 Å². The van der Waals surface area contributed by atoms with Crippen molar-refractivity contribution in [2.24, 2.45) is 5.41 Å². The lowest BCUT2D eigenvalue weighted by molar-refractivity contribution is -0.119. The Bertz CT molecular complexity index is 429. The third-order valence-electron chi connectivity index (χ3n) is 4.06. The van der Waals surface area contributed by atoms with Crippen LogP contribution in [-0.2, 0) is 20.6 Å². The summed E-state index contributed by atoms with van der Waals surface area (Å²) in [6.45, 7) is 8.49. The van der Waals surface area contributed by atoms with Crippen LogP contribution in [0.4, 0.5) is 0 Å². The van der Waals surface area contributed by atoms with Crippen molar-refractivity contribution in [1.29, 1.82) is 0 Å². The van der Waals surface area contributed by atoms with Gasteiger partial charge in [0.05, 0.1) is 51.8 Å². The third kappa shape index (κ3) is 7.73. The first-order valence-electron chi connectivity index (χ1n) is 8.49. The minimum absolute atomic E-state index is 0.0237. The van der Waals surface area contributed by atoms with Crippen molar-refractivity contribution in [3.8, 4) is 0 Å². The molecular formula is C19H32O5. The zero-order valence-corrected chi connectivity index (χ0v) is 15.2. The summed E-state index contributed by atoms with van der Waals surface area (Å²) in [4.78, 5) is 0. The van der Waals surface area contributed by atoms with E-state index in [0.717, 1.165) is 5.56 Å². The molecule has 1 aromatic carbocycles. The molecule has 0 saturated carbocycles. The predicted molar refractivity (Wildman–Crippen MR) is 94.1 cm³/mol. The number of aliphatic hydroxyl groups is 2. The Labute approximate surface area is 145 Å². The maximum absolute atomic E-state index is 11.1. The van der Waals surface area contributed by atoms with Gasteiger partial charge < -0.3 is 24.4 Å². The van der Waals surface area contributed by atoms with Crippen LogP contribution in [0.5, 0.6) is 0 Å². The average Bonchev–Trinajstić information content (AvgIpc) is 2.53. The second kappa shape index (κ2) is 10.8. The summed E-state index contributed by atoms with van der Waals surface area (Å²) in [5.74, 6) is 0. The second-order valence-electron chi connectivity index (χ2n) is 6.94. The summed E-state index contributed by atoms with van der Waals surface area (Å²) in [7, 11) is 0. The summed E-state index contributed by atoms with van der Waals surface area (Å²) in [6.07, 6.45) is 0.549. The first kappa shape index (κ1) is 21.1. The third-order valence-corrected chi connectivity index (χ3v) is 4.06. The zero-order valence-electron chi connectivity index (χ0n) is 15.2. The van der Waals surface area contributed by atoms with Crippen LogP contribution in [0, 0.1) is 5.41 Å². The maximum atomic E-state index is 11.1. The van der Waals surface area contributed by atoms with Crippen LogP contribution >= 0.6 is 0 Å². The van der Waals surface area contributed by atoms with Crippen molar-refractivity contribution in [2.45, 2.75) is 32.8 Å². The molecule has 0 radical (unpaired) electrons. The standard InChI is InChI=1S/C19H32O5/c1-18(2,3)19(21,15-17-7-5-4-6-8-17)16-24-14-13-23-12-11-22-10-9-20/h4-8,20-21H,9-16H2,1-3H3. The van der Waals surface area contributed by atoms with Crippen LogP contribution in [0.3, 0.4) is 0 Å². The molecule has 0 aliphatic rings. The molecule has 0 saturated heterocycles. The molecule has 0 amide bonds. The highest BCUT2D eigenvalue weighted by Crippen LogP contribution is 2.33. The smallest absolute Gasteiger partial charge is 0.0968 e. The van der Waals surface area contributed by atoms with Gasteiger partial charge in [-0.05, 0) is 11.0 Å². The van der Waals surface area contributed by atoms with Gasteiger partial charge in [-0.25, -0.2) is 0 Å². The van der Waals surface area contributed by atoms with Crippen molar-refractivity contribution in [3.63, 3.8) is 0 Å². The molecule has 138 valence electrons. The van der Waals surface area contributed by atoms with E-state index in [9.17, 15) is 5.11 Å². The van der Waals surface area contributed by atoms with E-state index in [1.807, 2.05) is 51.1 Å². The van der Waals surface area contributed by atoms with Crippen molar-refractivity contribution >= 4 is 0 Å². The Balaban J connectivity index is 2.34. The van der Waals surface area contributed by atoms with Crippen LogP contribution in [0.1, 0.15) is 26.3 Å². The molecule has 1 aromatic rings. The molecule has 0 bridgehead atoms. The minimum Gasteiger partial charge on any atom is -0.394 e. The molecule has 5 heteroatoms. The monoisotopic (exact) mass is 340 g/mol. The van der Waals surface area contributed by atoms with Gasteiger partial charge in [-0.3, -0.25) is 0 Å². The lowest BCUT2D eigenvalue weighted by Gasteiger charge is -2.40. The van der Waals surface area contributed by atoms with Crippen LogP contribution in [0.25, 0.3) is 0 Å². The van der Waals surface area contributed by atoms with E-state index in [4.69, 9.17) is 19.3 Å². The molecule has 0 aliphatic heterocycles. The molecule has 2 N–H and O–H groups in total. The van der Waals surface area contributed by atoms with E-state index in [-0.39, 0.29) is 18.6 Å². The summed E-state index contributed by atoms with van der Waals surface area (Å²) in [5.41, 5.74) is -0.156. The number of aliphatic hydroxyl groups excluding tert-OH is 1. The maximum Gasteiger partial charge on any atom is 0.0968 e.